The molecule has 4 nitrogen and oxygen atoms in total. The van der Waals surface area contributed by atoms with Gasteiger partial charge in [0.25, 0.3) is 0 Å². The maximum absolute atomic E-state index is 11.4. The van der Waals surface area contributed by atoms with E-state index in [1.54, 1.807) is 7.11 Å². The summed E-state index contributed by atoms with van der Waals surface area (Å²) in [4.78, 5) is 11.4. The van der Waals surface area contributed by atoms with Crippen LogP contribution in [-0.2, 0) is 16.1 Å². The molecule has 0 saturated heterocycles. The molecule has 112 valence electrons. The summed E-state index contributed by atoms with van der Waals surface area (Å²) >= 11 is 0. The highest BCUT2D eigenvalue weighted by molar-refractivity contribution is 5.71. The van der Waals surface area contributed by atoms with E-state index in [1.165, 1.54) is 5.56 Å². The zero-order chi connectivity index (χ0) is 15.1. The SMILES string of the molecule is COc1cc(C(C)C)ccc1CNCC(=O)OC(C)C. The molecular formula is C16H25NO3. The molecule has 0 amide bonds. The molecule has 20 heavy (non-hydrogen) atoms. The molecule has 1 N–H and O–H groups in total. The lowest BCUT2D eigenvalue weighted by Crippen LogP contribution is -2.26. The molecule has 0 aliphatic heterocycles. The Labute approximate surface area is 121 Å². The van der Waals surface area contributed by atoms with Crippen molar-refractivity contribution < 1.29 is 14.3 Å². The first-order chi connectivity index (χ1) is 9.43. The van der Waals surface area contributed by atoms with Gasteiger partial charge in [0, 0.05) is 12.1 Å². The van der Waals surface area contributed by atoms with Crippen LogP contribution in [0.5, 0.6) is 5.75 Å². The third kappa shape index (κ3) is 5.21. The fraction of sp³-hybridized carbons (Fsp3) is 0.562. The van der Waals surface area contributed by atoms with Crippen molar-refractivity contribution in [1.29, 1.82) is 0 Å². The van der Waals surface area contributed by atoms with E-state index in [4.69, 9.17) is 9.47 Å². The maximum atomic E-state index is 11.4. The van der Waals surface area contributed by atoms with Gasteiger partial charge in [0.15, 0.2) is 0 Å². The summed E-state index contributed by atoms with van der Waals surface area (Å²) in [6.45, 7) is 8.75. The highest BCUT2D eigenvalue weighted by Gasteiger charge is 2.08. The van der Waals surface area contributed by atoms with Gasteiger partial charge in [0.05, 0.1) is 19.8 Å². The minimum Gasteiger partial charge on any atom is -0.496 e. The van der Waals surface area contributed by atoms with Crippen molar-refractivity contribution in [3.8, 4) is 5.75 Å². The zero-order valence-electron chi connectivity index (χ0n) is 13.0. The van der Waals surface area contributed by atoms with Crippen LogP contribution in [0.3, 0.4) is 0 Å². The molecule has 0 radical (unpaired) electrons. The zero-order valence-corrected chi connectivity index (χ0v) is 13.0. The minimum absolute atomic E-state index is 0.0795. The molecular weight excluding hydrogens is 254 g/mol. The number of nitrogens with one attached hydrogen (secondary N) is 1. The molecule has 0 spiro atoms. The van der Waals surface area contributed by atoms with Crippen molar-refractivity contribution in [2.75, 3.05) is 13.7 Å². The number of hydrogen-bond donors (Lipinski definition) is 1. The average molecular weight is 279 g/mol. The molecule has 0 aromatic heterocycles. The second-order valence-corrected chi connectivity index (χ2v) is 5.37. The van der Waals surface area contributed by atoms with Crippen LogP contribution in [0.15, 0.2) is 18.2 Å². The van der Waals surface area contributed by atoms with Crippen LogP contribution in [0, 0.1) is 0 Å². The summed E-state index contributed by atoms with van der Waals surface area (Å²) in [7, 11) is 1.66. The van der Waals surface area contributed by atoms with Crippen LogP contribution in [0.4, 0.5) is 0 Å². The minimum atomic E-state index is -0.238. The summed E-state index contributed by atoms with van der Waals surface area (Å²) in [6.07, 6.45) is -0.0795. The number of methoxy groups -OCH3 is 1. The van der Waals surface area contributed by atoms with Gasteiger partial charge in [0.1, 0.15) is 5.75 Å². The molecule has 0 bridgehead atoms. The van der Waals surface area contributed by atoms with Gasteiger partial charge in [0.2, 0.25) is 0 Å². The largest absolute Gasteiger partial charge is 0.496 e. The highest BCUT2D eigenvalue weighted by Crippen LogP contribution is 2.24. The van der Waals surface area contributed by atoms with Crippen molar-refractivity contribution in [2.24, 2.45) is 0 Å². The summed E-state index contributed by atoms with van der Waals surface area (Å²) in [5.74, 6) is 1.07. The molecule has 0 aliphatic rings. The van der Waals surface area contributed by atoms with Crippen LogP contribution in [-0.4, -0.2) is 25.7 Å². The van der Waals surface area contributed by atoms with Crippen molar-refractivity contribution in [1.82, 2.24) is 5.32 Å². The smallest absolute Gasteiger partial charge is 0.320 e. The van der Waals surface area contributed by atoms with E-state index in [9.17, 15) is 4.79 Å². The normalized spacial score (nSPS) is 10.9. The van der Waals surface area contributed by atoms with E-state index in [2.05, 4.69) is 25.2 Å². The second-order valence-electron chi connectivity index (χ2n) is 5.37. The van der Waals surface area contributed by atoms with Gasteiger partial charge >= 0.3 is 5.97 Å². The maximum Gasteiger partial charge on any atom is 0.320 e. The van der Waals surface area contributed by atoms with E-state index in [1.807, 2.05) is 26.0 Å². The van der Waals surface area contributed by atoms with Gasteiger partial charge < -0.3 is 14.8 Å². The van der Waals surface area contributed by atoms with Gasteiger partial charge in [-0.25, -0.2) is 0 Å². The number of hydrogen-bond acceptors (Lipinski definition) is 4. The summed E-state index contributed by atoms with van der Waals surface area (Å²) in [6, 6.07) is 6.18. The first-order valence-electron chi connectivity index (χ1n) is 7.01. The Morgan fingerprint density at radius 1 is 1.25 bits per heavy atom. The van der Waals surface area contributed by atoms with E-state index < -0.39 is 0 Å². The predicted octanol–water partition coefficient (Wildman–Crippen LogP) is 2.86. The molecule has 0 heterocycles. The van der Waals surface area contributed by atoms with Crippen molar-refractivity contribution >= 4 is 5.97 Å². The lowest BCUT2D eigenvalue weighted by atomic mass is 10.0. The molecule has 1 aromatic rings. The van der Waals surface area contributed by atoms with E-state index in [0.29, 0.717) is 12.5 Å². The van der Waals surface area contributed by atoms with Gasteiger partial charge in [-0.05, 0) is 31.4 Å². The lowest BCUT2D eigenvalue weighted by molar-refractivity contribution is -0.146. The molecule has 0 atom stereocenters. The summed E-state index contributed by atoms with van der Waals surface area (Å²) < 4.78 is 10.5. The van der Waals surface area contributed by atoms with Gasteiger partial charge in [-0.1, -0.05) is 26.0 Å². The van der Waals surface area contributed by atoms with Crippen LogP contribution in [0.25, 0.3) is 0 Å². The Bertz CT molecular complexity index is 441. The van der Waals surface area contributed by atoms with Crippen molar-refractivity contribution in [3.05, 3.63) is 29.3 Å². The Hall–Kier alpha value is -1.55. The molecule has 0 unspecified atom stereocenters. The first-order valence-corrected chi connectivity index (χ1v) is 7.01. The first kappa shape index (κ1) is 16.5. The number of esters is 1. The fourth-order valence-corrected chi connectivity index (χ4v) is 1.87. The third-order valence-corrected chi connectivity index (χ3v) is 2.93. The standard InChI is InChI=1S/C16H25NO3/c1-11(2)13-6-7-14(15(8-13)19-5)9-17-10-16(18)20-12(3)4/h6-8,11-12,17H,9-10H2,1-5H3. The monoisotopic (exact) mass is 279 g/mol. The molecule has 1 rings (SSSR count). The number of benzene rings is 1. The van der Waals surface area contributed by atoms with Gasteiger partial charge in [-0.2, -0.15) is 0 Å². The average Bonchev–Trinajstić information content (AvgIpc) is 2.37. The van der Waals surface area contributed by atoms with Crippen molar-refractivity contribution in [2.45, 2.75) is 46.3 Å². The molecule has 0 saturated carbocycles. The van der Waals surface area contributed by atoms with Crippen molar-refractivity contribution in [3.63, 3.8) is 0 Å². The van der Waals surface area contributed by atoms with E-state index in [-0.39, 0.29) is 18.6 Å². The molecule has 0 aliphatic carbocycles. The quantitative estimate of drug-likeness (QED) is 0.780. The number of carbonyl (C=O) groups is 1. The van der Waals surface area contributed by atoms with Crippen LogP contribution in [0.1, 0.15) is 44.7 Å². The van der Waals surface area contributed by atoms with Crippen LogP contribution >= 0.6 is 0 Å². The second kappa shape index (κ2) is 7.90. The highest BCUT2D eigenvalue weighted by atomic mass is 16.5. The predicted molar refractivity (Wildman–Crippen MR) is 80.0 cm³/mol. The Morgan fingerprint density at radius 3 is 2.50 bits per heavy atom. The van der Waals surface area contributed by atoms with Crippen LogP contribution in [0.2, 0.25) is 0 Å². The fourth-order valence-electron chi connectivity index (χ4n) is 1.87. The molecule has 0 fully saturated rings. The Balaban J connectivity index is 2.57. The number of rotatable bonds is 7. The molecule has 4 heteroatoms. The van der Waals surface area contributed by atoms with Gasteiger partial charge in [-0.15, -0.1) is 0 Å². The number of ether oxygens (including phenoxy) is 2. The van der Waals surface area contributed by atoms with E-state index >= 15 is 0 Å². The summed E-state index contributed by atoms with van der Waals surface area (Å²) in [5.41, 5.74) is 2.28. The van der Waals surface area contributed by atoms with E-state index in [0.717, 1.165) is 11.3 Å². The Morgan fingerprint density at radius 2 is 1.95 bits per heavy atom. The Kier molecular flexibility index (Phi) is 6.52. The molecule has 1 aromatic carbocycles. The third-order valence-electron chi connectivity index (χ3n) is 2.93. The lowest BCUT2D eigenvalue weighted by Gasteiger charge is -2.13. The number of carbonyl (C=O) groups excluding carboxylic acids is 1. The van der Waals surface area contributed by atoms with Crippen LogP contribution < -0.4 is 10.1 Å². The summed E-state index contributed by atoms with van der Waals surface area (Å²) in [5, 5.41) is 3.08. The topological polar surface area (TPSA) is 47.6 Å². The van der Waals surface area contributed by atoms with Gasteiger partial charge in [-0.3, -0.25) is 4.79 Å².